The van der Waals surface area contributed by atoms with E-state index < -0.39 is 0 Å². The molecule has 0 aliphatic rings. The van der Waals surface area contributed by atoms with Gasteiger partial charge in [0.2, 0.25) is 0 Å². The molecule has 0 atom stereocenters. The van der Waals surface area contributed by atoms with Gasteiger partial charge in [-0.2, -0.15) is 0 Å². The summed E-state index contributed by atoms with van der Waals surface area (Å²) in [7, 11) is 0. The topological polar surface area (TPSA) is 38.0 Å². The van der Waals surface area contributed by atoms with Crippen LogP contribution in [0.3, 0.4) is 0 Å². The molecule has 0 spiro atoms. The van der Waals surface area contributed by atoms with Crippen molar-refractivity contribution in [1.29, 1.82) is 0 Å². The minimum Gasteiger partial charge on any atom is -0.397 e. The predicted molar refractivity (Wildman–Crippen MR) is 74.8 cm³/mol. The van der Waals surface area contributed by atoms with Crippen LogP contribution in [0.25, 0.3) is 0 Å². The number of hydrogen-bond donors (Lipinski definition) is 2. The molecule has 88 valence electrons. The Hall–Kier alpha value is -1.96. The molecule has 0 radical (unpaired) electrons. The van der Waals surface area contributed by atoms with Crippen LogP contribution in [0.2, 0.25) is 0 Å². The summed E-state index contributed by atoms with van der Waals surface area (Å²) < 4.78 is 0. The van der Waals surface area contributed by atoms with Gasteiger partial charge in [-0.3, -0.25) is 0 Å². The smallest absolute Gasteiger partial charge is 0.0620 e. The van der Waals surface area contributed by atoms with Crippen LogP contribution in [0.4, 0.5) is 17.1 Å². The first-order valence-electron chi connectivity index (χ1n) is 5.76. The van der Waals surface area contributed by atoms with Gasteiger partial charge in [0, 0.05) is 5.69 Å². The largest absolute Gasteiger partial charge is 0.397 e. The zero-order valence-corrected chi connectivity index (χ0v) is 10.5. The Bertz CT molecular complexity index is 545. The van der Waals surface area contributed by atoms with Crippen LogP contribution < -0.4 is 11.1 Å². The highest BCUT2D eigenvalue weighted by Gasteiger charge is 2.02. The van der Waals surface area contributed by atoms with Gasteiger partial charge >= 0.3 is 0 Å². The van der Waals surface area contributed by atoms with E-state index in [-0.39, 0.29) is 0 Å². The maximum absolute atomic E-state index is 5.95. The van der Waals surface area contributed by atoms with Crippen molar-refractivity contribution in [1.82, 2.24) is 0 Å². The Labute approximate surface area is 102 Å². The third kappa shape index (κ3) is 2.59. The van der Waals surface area contributed by atoms with Crippen molar-refractivity contribution in [2.75, 3.05) is 11.1 Å². The molecule has 0 fully saturated rings. The molecule has 17 heavy (non-hydrogen) atoms. The van der Waals surface area contributed by atoms with E-state index in [2.05, 4.69) is 50.4 Å². The number of aryl methyl sites for hydroxylation is 3. The standard InChI is InChI=1S/C15H18N2/c1-10-5-7-14(12(3)8-10)17-15-9-11(2)4-6-13(15)16/h4-9,17H,16H2,1-3H3. The van der Waals surface area contributed by atoms with Crippen LogP contribution in [0.1, 0.15) is 16.7 Å². The van der Waals surface area contributed by atoms with E-state index in [9.17, 15) is 0 Å². The normalized spacial score (nSPS) is 10.3. The van der Waals surface area contributed by atoms with E-state index in [1.165, 1.54) is 16.7 Å². The highest BCUT2D eigenvalue weighted by molar-refractivity contribution is 5.74. The number of anilines is 3. The van der Waals surface area contributed by atoms with E-state index in [1.54, 1.807) is 0 Å². The lowest BCUT2D eigenvalue weighted by Gasteiger charge is -2.13. The minimum absolute atomic E-state index is 0.774. The molecule has 0 aromatic heterocycles. The van der Waals surface area contributed by atoms with Gasteiger partial charge in [0.05, 0.1) is 11.4 Å². The maximum Gasteiger partial charge on any atom is 0.0620 e. The molecule has 0 aliphatic carbocycles. The summed E-state index contributed by atoms with van der Waals surface area (Å²) in [5, 5.41) is 3.38. The molecular formula is C15H18N2. The lowest BCUT2D eigenvalue weighted by molar-refractivity contribution is 1.36. The first kappa shape index (κ1) is 11.5. The zero-order valence-electron chi connectivity index (χ0n) is 10.5. The van der Waals surface area contributed by atoms with Crippen molar-refractivity contribution in [2.45, 2.75) is 20.8 Å². The summed E-state index contributed by atoms with van der Waals surface area (Å²) >= 11 is 0. The van der Waals surface area contributed by atoms with Crippen LogP contribution >= 0.6 is 0 Å². The van der Waals surface area contributed by atoms with Gasteiger partial charge in [-0.05, 0) is 50.1 Å². The molecule has 0 unspecified atom stereocenters. The Morgan fingerprint density at radius 3 is 2.18 bits per heavy atom. The Morgan fingerprint density at radius 1 is 0.824 bits per heavy atom. The van der Waals surface area contributed by atoms with E-state index >= 15 is 0 Å². The third-order valence-electron chi connectivity index (χ3n) is 2.86. The Kier molecular flexibility index (Phi) is 3.05. The van der Waals surface area contributed by atoms with Crippen molar-refractivity contribution in [3.63, 3.8) is 0 Å². The van der Waals surface area contributed by atoms with Gasteiger partial charge in [-0.1, -0.05) is 23.8 Å². The third-order valence-corrected chi connectivity index (χ3v) is 2.86. The summed E-state index contributed by atoms with van der Waals surface area (Å²) in [4.78, 5) is 0. The summed E-state index contributed by atoms with van der Waals surface area (Å²) in [6.45, 7) is 6.26. The zero-order chi connectivity index (χ0) is 12.4. The van der Waals surface area contributed by atoms with Crippen molar-refractivity contribution in [3.8, 4) is 0 Å². The highest BCUT2D eigenvalue weighted by Crippen LogP contribution is 2.26. The summed E-state index contributed by atoms with van der Waals surface area (Å²) in [5.41, 5.74) is 12.5. The molecule has 0 amide bonds. The maximum atomic E-state index is 5.95. The summed E-state index contributed by atoms with van der Waals surface area (Å²) in [6, 6.07) is 12.4. The van der Waals surface area contributed by atoms with E-state index in [0.717, 1.165) is 17.1 Å². The van der Waals surface area contributed by atoms with Crippen molar-refractivity contribution in [3.05, 3.63) is 53.1 Å². The molecule has 2 aromatic rings. The first-order chi connectivity index (χ1) is 8.06. The second kappa shape index (κ2) is 4.50. The van der Waals surface area contributed by atoms with Crippen molar-refractivity contribution < 1.29 is 0 Å². The molecule has 3 N–H and O–H groups in total. The van der Waals surface area contributed by atoms with Crippen molar-refractivity contribution in [2.24, 2.45) is 0 Å². The van der Waals surface area contributed by atoms with Crippen LogP contribution in [0.5, 0.6) is 0 Å². The van der Waals surface area contributed by atoms with E-state index in [1.807, 2.05) is 12.1 Å². The molecule has 2 aromatic carbocycles. The monoisotopic (exact) mass is 226 g/mol. The van der Waals surface area contributed by atoms with E-state index in [4.69, 9.17) is 5.73 Å². The van der Waals surface area contributed by atoms with Gasteiger partial charge in [0.25, 0.3) is 0 Å². The summed E-state index contributed by atoms with van der Waals surface area (Å²) in [6.07, 6.45) is 0. The lowest BCUT2D eigenvalue weighted by Crippen LogP contribution is -1.98. The Morgan fingerprint density at radius 2 is 1.47 bits per heavy atom. The molecule has 2 heteroatoms. The van der Waals surface area contributed by atoms with Gasteiger partial charge in [-0.25, -0.2) is 0 Å². The SMILES string of the molecule is Cc1ccc(Nc2cc(C)ccc2N)c(C)c1. The first-order valence-corrected chi connectivity index (χ1v) is 5.76. The molecule has 2 rings (SSSR count). The molecule has 2 nitrogen and oxygen atoms in total. The lowest BCUT2D eigenvalue weighted by atomic mass is 10.1. The number of nitrogens with two attached hydrogens (primary N) is 1. The average molecular weight is 226 g/mol. The van der Waals surface area contributed by atoms with Crippen molar-refractivity contribution >= 4 is 17.1 Å². The Balaban J connectivity index is 2.34. The van der Waals surface area contributed by atoms with Gasteiger partial charge in [0.15, 0.2) is 0 Å². The second-order valence-corrected chi connectivity index (χ2v) is 4.53. The fourth-order valence-electron chi connectivity index (χ4n) is 1.88. The minimum atomic E-state index is 0.774. The van der Waals surface area contributed by atoms with Crippen LogP contribution in [0, 0.1) is 20.8 Å². The quantitative estimate of drug-likeness (QED) is 0.761. The number of rotatable bonds is 2. The molecule has 0 heterocycles. The van der Waals surface area contributed by atoms with Gasteiger partial charge in [0.1, 0.15) is 0 Å². The average Bonchev–Trinajstić information content (AvgIpc) is 2.27. The number of hydrogen-bond acceptors (Lipinski definition) is 2. The second-order valence-electron chi connectivity index (χ2n) is 4.53. The van der Waals surface area contributed by atoms with Crippen LogP contribution in [-0.2, 0) is 0 Å². The molecule has 0 saturated carbocycles. The predicted octanol–water partition coefficient (Wildman–Crippen LogP) is 3.94. The van der Waals surface area contributed by atoms with Crippen LogP contribution in [-0.4, -0.2) is 0 Å². The fourth-order valence-corrected chi connectivity index (χ4v) is 1.88. The van der Waals surface area contributed by atoms with Crippen LogP contribution in [0.15, 0.2) is 36.4 Å². The number of benzene rings is 2. The molecular weight excluding hydrogens is 208 g/mol. The molecule has 0 bridgehead atoms. The fraction of sp³-hybridized carbons (Fsp3) is 0.200. The highest BCUT2D eigenvalue weighted by atomic mass is 14.9. The van der Waals surface area contributed by atoms with Gasteiger partial charge in [-0.15, -0.1) is 0 Å². The molecule has 0 aliphatic heterocycles. The van der Waals surface area contributed by atoms with E-state index in [0.29, 0.717) is 0 Å². The van der Waals surface area contributed by atoms with Gasteiger partial charge < -0.3 is 11.1 Å². The number of nitrogens with one attached hydrogen (secondary N) is 1. The molecule has 0 saturated heterocycles. The summed E-state index contributed by atoms with van der Waals surface area (Å²) in [5.74, 6) is 0. The number of nitrogen functional groups attached to an aromatic ring is 1.